The summed E-state index contributed by atoms with van der Waals surface area (Å²) in [5, 5.41) is 0. The topological polar surface area (TPSA) is 29.5 Å². The first-order chi connectivity index (χ1) is 8.11. The lowest BCUT2D eigenvalue weighted by Crippen LogP contribution is -2.28. The van der Waals surface area contributed by atoms with Crippen molar-refractivity contribution < 1.29 is 9.53 Å². The smallest absolute Gasteiger partial charge is 0.246 e. The highest BCUT2D eigenvalue weighted by Gasteiger charge is 2.18. The summed E-state index contributed by atoms with van der Waals surface area (Å²) < 4.78 is 5.30. The Bertz CT molecular complexity index is 412. The first-order valence-corrected chi connectivity index (χ1v) is 5.64. The number of para-hydroxylation sites is 1. The molecule has 0 N–H and O–H groups in total. The number of hydrogen-bond acceptors (Lipinski definition) is 2. The molecule has 0 radical (unpaired) electrons. The number of ether oxygens (including phenoxy) is 1. The van der Waals surface area contributed by atoms with Gasteiger partial charge in [0.05, 0.1) is 13.2 Å². The van der Waals surface area contributed by atoms with E-state index in [2.05, 4.69) is 0 Å². The van der Waals surface area contributed by atoms with Crippen molar-refractivity contribution in [3.63, 3.8) is 0 Å². The number of allylic oxidation sites excluding steroid dienone is 1. The zero-order valence-electron chi connectivity index (χ0n) is 10.8. The van der Waals surface area contributed by atoms with E-state index >= 15 is 0 Å². The van der Waals surface area contributed by atoms with E-state index in [1.165, 1.54) is 0 Å². The second-order valence-electron chi connectivity index (χ2n) is 3.87. The number of carbonyl (C=O) groups is 1. The molecule has 1 unspecified atom stereocenters. The van der Waals surface area contributed by atoms with Gasteiger partial charge in [0, 0.05) is 12.6 Å². The van der Waals surface area contributed by atoms with Gasteiger partial charge in [-0.1, -0.05) is 24.3 Å². The SMILES string of the molecule is CC=CC(=O)N(C)C(C)c1ccccc1OC. The molecule has 0 aliphatic heterocycles. The predicted octanol–water partition coefficient (Wildman–Crippen LogP) is 2.79. The van der Waals surface area contributed by atoms with E-state index in [0.717, 1.165) is 11.3 Å². The van der Waals surface area contributed by atoms with E-state index in [9.17, 15) is 4.79 Å². The van der Waals surface area contributed by atoms with E-state index in [1.807, 2.05) is 38.1 Å². The third-order valence-corrected chi connectivity index (χ3v) is 2.83. The van der Waals surface area contributed by atoms with Crippen LogP contribution in [0.25, 0.3) is 0 Å². The lowest BCUT2D eigenvalue weighted by Gasteiger charge is -2.25. The first kappa shape index (κ1) is 13.3. The Morgan fingerprint density at radius 2 is 2.06 bits per heavy atom. The van der Waals surface area contributed by atoms with Gasteiger partial charge in [0.2, 0.25) is 5.91 Å². The van der Waals surface area contributed by atoms with Crippen LogP contribution in [0.4, 0.5) is 0 Å². The molecular formula is C14H19NO2. The maximum Gasteiger partial charge on any atom is 0.246 e. The number of rotatable bonds is 4. The first-order valence-electron chi connectivity index (χ1n) is 5.64. The largest absolute Gasteiger partial charge is 0.496 e. The van der Waals surface area contributed by atoms with E-state index in [4.69, 9.17) is 4.74 Å². The Labute approximate surface area is 103 Å². The lowest BCUT2D eigenvalue weighted by molar-refractivity contribution is -0.126. The molecule has 1 rings (SSSR count). The normalized spacial score (nSPS) is 12.5. The van der Waals surface area contributed by atoms with E-state index in [-0.39, 0.29) is 11.9 Å². The van der Waals surface area contributed by atoms with Crippen LogP contribution in [0.15, 0.2) is 36.4 Å². The van der Waals surface area contributed by atoms with Crippen molar-refractivity contribution in [1.29, 1.82) is 0 Å². The fraction of sp³-hybridized carbons (Fsp3) is 0.357. The van der Waals surface area contributed by atoms with E-state index in [1.54, 1.807) is 31.2 Å². The molecule has 92 valence electrons. The van der Waals surface area contributed by atoms with Crippen LogP contribution >= 0.6 is 0 Å². The van der Waals surface area contributed by atoms with Gasteiger partial charge in [-0.05, 0) is 26.0 Å². The highest BCUT2D eigenvalue weighted by molar-refractivity contribution is 5.87. The summed E-state index contributed by atoms with van der Waals surface area (Å²) in [5.41, 5.74) is 1.01. The standard InChI is InChI=1S/C14H19NO2/c1-5-8-14(16)15(3)11(2)12-9-6-7-10-13(12)17-4/h5-11H,1-4H3. The van der Waals surface area contributed by atoms with Crippen molar-refractivity contribution in [3.05, 3.63) is 42.0 Å². The van der Waals surface area contributed by atoms with Crippen molar-refractivity contribution in [2.24, 2.45) is 0 Å². The summed E-state index contributed by atoms with van der Waals surface area (Å²) in [6.45, 7) is 3.82. The van der Waals surface area contributed by atoms with Crippen molar-refractivity contribution in [2.45, 2.75) is 19.9 Å². The van der Waals surface area contributed by atoms with Crippen LogP contribution in [-0.4, -0.2) is 25.0 Å². The molecule has 0 aliphatic rings. The second-order valence-corrected chi connectivity index (χ2v) is 3.87. The van der Waals surface area contributed by atoms with Crippen LogP contribution in [0.5, 0.6) is 5.75 Å². The summed E-state index contributed by atoms with van der Waals surface area (Å²) in [6.07, 6.45) is 3.31. The summed E-state index contributed by atoms with van der Waals surface area (Å²) >= 11 is 0. The summed E-state index contributed by atoms with van der Waals surface area (Å²) in [6, 6.07) is 7.73. The van der Waals surface area contributed by atoms with Crippen molar-refractivity contribution in [3.8, 4) is 5.75 Å². The molecule has 0 bridgehead atoms. The fourth-order valence-corrected chi connectivity index (χ4v) is 1.67. The molecule has 0 saturated carbocycles. The number of amides is 1. The maximum absolute atomic E-state index is 11.8. The molecule has 17 heavy (non-hydrogen) atoms. The number of benzene rings is 1. The molecule has 0 fully saturated rings. The van der Waals surface area contributed by atoms with Crippen LogP contribution in [0.1, 0.15) is 25.5 Å². The lowest BCUT2D eigenvalue weighted by atomic mass is 10.1. The molecule has 1 amide bonds. The van der Waals surface area contributed by atoms with Gasteiger partial charge in [0.25, 0.3) is 0 Å². The molecule has 0 heterocycles. The minimum atomic E-state index is -0.0187. The second kappa shape index (κ2) is 6.09. The third-order valence-electron chi connectivity index (χ3n) is 2.83. The van der Waals surface area contributed by atoms with Crippen molar-refractivity contribution in [1.82, 2.24) is 4.90 Å². The zero-order chi connectivity index (χ0) is 12.8. The molecule has 1 atom stereocenters. The Balaban J connectivity index is 2.95. The van der Waals surface area contributed by atoms with Gasteiger partial charge in [-0.15, -0.1) is 0 Å². The summed E-state index contributed by atoms with van der Waals surface area (Å²) in [5.74, 6) is 0.797. The van der Waals surface area contributed by atoms with Crippen LogP contribution in [0.3, 0.4) is 0 Å². The minimum absolute atomic E-state index is 0.00842. The highest BCUT2D eigenvalue weighted by atomic mass is 16.5. The monoisotopic (exact) mass is 233 g/mol. The molecule has 3 nitrogen and oxygen atoms in total. The minimum Gasteiger partial charge on any atom is -0.496 e. The van der Waals surface area contributed by atoms with Crippen molar-refractivity contribution >= 4 is 5.91 Å². The average Bonchev–Trinajstić information content (AvgIpc) is 2.37. The fourth-order valence-electron chi connectivity index (χ4n) is 1.67. The summed E-state index contributed by atoms with van der Waals surface area (Å²) in [7, 11) is 3.43. The molecule has 0 saturated heterocycles. The molecule has 0 aromatic heterocycles. The Hall–Kier alpha value is -1.77. The van der Waals surface area contributed by atoms with Gasteiger partial charge in [0.1, 0.15) is 5.75 Å². The van der Waals surface area contributed by atoms with Gasteiger partial charge in [-0.25, -0.2) is 0 Å². The van der Waals surface area contributed by atoms with Crippen molar-refractivity contribution in [2.75, 3.05) is 14.2 Å². The zero-order valence-corrected chi connectivity index (χ0v) is 10.8. The van der Waals surface area contributed by atoms with Crippen LogP contribution < -0.4 is 4.74 Å². The van der Waals surface area contributed by atoms with Crippen LogP contribution in [0.2, 0.25) is 0 Å². The quantitative estimate of drug-likeness (QED) is 0.748. The number of methoxy groups -OCH3 is 1. The van der Waals surface area contributed by atoms with E-state index in [0.29, 0.717) is 0 Å². The van der Waals surface area contributed by atoms with Gasteiger partial charge in [-0.3, -0.25) is 4.79 Å². The molecule has 1 aromatic carbocycles. The number of carbonyl (C=O) groups excluding carboxylic acids is 1. The Morgan fingerprint density at radius 3 is 2.65 bits per heavy atom. The molecule has 0 aliphatic carbocycles. The predicted molar refractivity (Wildman–Crippen MR) is 69.0 cm³/mol. The number of likely N-dealkylation sites (N-methyl/N-ethyl adjacent to an activating group) is 1. The molecular weight excluding hydrogens is 214 g/mol. The third kappa shape index (κ3) is 3.09. The Kier molecular flexibility index (Phi) is 4.76. The number of hydrogen-bond donors (Lipinski definition) is 0. The van der Waals surface area contributed by atoms with E-state index < -0.39 is 0 Å². The number of nitrogens with zero attached hydrogens (tertiary/aromatic N) is 1. The van der Waals surface area contributed by atoms with Crippen LogP contribution in [0, 0.1) is 0 Å². The van der Waals surface area contributed by atoms with Gasteiger partial charge in [-0.2, -0.15) is 0 Å². The average molecular weight is 233 g/mol. The van der Waals surface area contributed by atoms with Gasteiger partial charge < -0.3 is 9.64 Å². The van der Waals surface area contributed by atoms with Gasteiger partial charge >= 0.3 is 0 Å². The van der Waals surface area contributed by atoms with Gasteiger partial charge in [0.15, 0.2) is 0 Å². The maximum atomic E-state index is 11.8. The highest BCUT2D eigenvalue weighted by Crippen LogP contribution is 2.28. The summed E-state index contributed by atoms with van der Waals surface area (Å²) in [4.78, 5) is 13.4. The molecule has 3 heteroatoms. The Morgan fingerprint density at radius 1 is 1.41 bits per heavy atom. The molecule has 1 aromatic rings. The van der Waals surface area contributed by atoms with Crippen LogP contribution in [-0.2, 0) is 4.79 Å². The molecule has 0 spiro atoms.